The molecule has 176 valence electrons. The fourth-order valence-electron chi connectivity index (χ4n) is 2.67. The quantitative estimate of drug-likeness (QED) is 0.463. The number of hydrogen-bond acceptors (Lipinski definition) is 6. The number of halogens is 3. The van der Waals surface area contributed by atoms with E-state index in [0.29, 0.717) is 17.2 Å². The molecule has 1 aromatic carbocycles. The number of carbonyl (C=O) groups excluding carboxylic acids is 2. The van der Waals surface area contributed by atoms with Gasteiger partial charge in [-0.15, -0.1) is 24.5 Å². The average Bonchev–Trinajstić information content (AvgIpc) is 3.22. The van der Waals surface area contributed by atoms with Crippen molar-refractivity contribution >= 4 is 23.2 Å². The summed E-state index contributed by atoms with van der Waals surface area (Å²) in [4.78, 5) is 30.3. The van der Waals surface area contributed by atoms with E-state index in [1.807, 2.05) is 0 Å². The van der Waals surface area contributed by atoms with Crippen molar-refractivity contribution < 1.29 is 32.2 Å². The second-order valence-corrected chi connectivity index (χ2v) is 7.94. The highest BCUT2D eigenvalue weighted by atomic mass is 32.1. The lowest BCUT2D eigenvalue weighted by molar-refractivity contribution is -0.274. The minimum atomic E-state index is -4.77. The van der Waals surface area contributed by atoms with Gasteiger partial charge in [0.25, 0.3) is 11.8 Å². The lowest BCUT2D eigenvalue weighted by Gasteiger charge is -2.15. The van der Waals surface area contributed by atoms with Gasteiger partial charge < -0.3 is 19.7 Å². The number of benzene rings is 1. The summed E-state index contributed by atoms with van der Waals surface area (Å²) in [6.07, 6.45) is -0.471. The monoisotopic (exact) mass is 473 g/mol. The zero-order valence-electron chi connectivity index (χ0n) is 17.9. The smallest absolute Gasteiger partial charge is 0.484 e. The Morgan fingerprint density at radius 3 is 2.47 bits per heavy atom. The Bertz CT molecular complexity index is 872. The van der Waals surface area contributed by atoms with Gasteiger partial charge in [-0.05, 0) is 30.7 Å². The number of amides is 2. The van der Waals surface area contributed by atoms with Crippen molar-refractivity contribution in [1.82, 2.24) is 15.2 Å². The van der Waals surface area contributed by atoms with Gasteiger partial charge in [-0.1, -0.05) is 26.2 Å². The highest BCUT2D eigenvalue weighted by Gasteiger charge is 2.31. The molecular weight excluding hydrogens is 447 g/mol. The van der Waals surface area contributed by atoms with Crippen LogP contribution in [0.4, 0.5) is 13.2 Å². The Balaban J connectivity index is 1.73. The maximum Gasteiger partial charge on any atom is 0.573 e. The predicted octanol–water partition coefficient (Wildman–Crippen LogP) is 4.39. The fraction of sp³-hybridized carbons (Fsp3) is 0.476. The summed E-state index contributed by atoms with van der Waals surface area (Å²) in [5.41, 5.74) is 0.342. The van der Waals surface area contributed by atoms with Gasteiger partial charge in [0.2, 0.25) is 0 Å². The Labute approximate surface area is 188 Å². The molecule has 0 unspecified atom stereocenters. The Hall–Kier alpha value is -2.82. The summed E-state index contributed by atoms with van der Waals surface area (Å²) in [5, 5.41) is 4.87. The lowest BCUT2D eigenvalue weighted by atomic mass is 10.2. The number of ether oxygens (including phenoxy) is 2. The van der Waals surface area contributed by atoms with Crippen molar-refractivity contribution in [3.05, 3.63) is 40.3 Å². The van der Waals surface area contributed by atoms with E-state index in [9.17, 15) is 22.8 Å². The molecule has 0 bridgehead atoms. The molecule has 0 fully saturated rings. The lowest BCUT2D eigenvalue weighted by Crippen LogP contribution is -2.29. The summed E-state index contributed by atoms with van der Waals surface area (Å²) in [7, 11) is 1.74. The van der Waals surface area contributed by atoms with E-state index in [0.717, 1.165) is 37.8 Å². The van der Waals surface area contributed by atoms with E-state index in [4.69, 9.17) is 4.74 Å². The van der Waals surface area contributed by atoms with E-state index >= 15 is 0 Å². The van der Waals surface area contributed by atoms with Crippen LogP contribution in [-0.2, 0) is 11.3 Å². The summed E-state index contributed by atoms with van der Waals surface area (Å²) in [5.74, 6) is -0.748. The number of nitrogens with zero attached hydrogens (tertiary/aromatic N) is 2. The van der Waals surface area contributed by atoms with Crippen LogP contribution in [0, 0.1) is 0 Å². The van der Waals surface area contributed by atoms with E-state index in [-0.39, 0.29) is 30.6 Å². The molecular formula is C21H26F3N3O4S. The van der Waals surface area contributed by atoms with Gasteiger partial charge in [0.05, 0.1) is 6.54 Å². The molecule has 2 amide bonds. The van der Waals surface area contributed by atoms with E-state index in [1.54, 1.807) is 17.3 Å². The largest absolute Gasteiger partial charge is 0.573 e. The molecule has 0 aliphatic carbocycles. The average molecular weight is 474 g/mol. The Kier molecular flexibility index (Phi) is 9.76. The number of aromatic nitrogens is 1. The highest BCUT2D eigenvalue weighted by Crippen LogP contribution is 2.24. The summed E-state index contributed by atoms with van der Waals surface area (Å²) in [6, 6.07) is 4.73. The molecule has 0 aliphatic rings. The molecule has 7 nitrogen and oxygen atoms in total. The third-order valence-electron chi connectivity index (χ3n) is 4.33. The first kappa shape index (κ1) is 25.4. The molecule has 0 radical (unpaired) electrons. The van der Waals surface area contributed by atoms with Crippen molar-refractivity contribution in [1.29, 1.82) is 0 Å². The third-order valence-corrected chi connectivity index (χ3v) is 5.18. The normalized spacial score (nSPS) is 11.2. The molecule has 0 saturated heterocycles. The third kappa shape index (κ3) is 9.13. The molecule has 32 heavy (non-hydrogen) atoms. The van der Waals surface area contributed by atoms with Crippen molar-refractivity contribution in [3.8, 4) is 11.5 Å². The Morgan fingerprint density at radius 2 is 1.81 bits per heavy atom. The van der Waals surface area contributed by atoms with Gasteiger partial charge in [-0.2, -0.15) is 0 Å². The number of nitrogens with one attached hydrogen (secondary N) is 1. The molecule has 2 rings (SSSR count). The van der Waals surface area contributed by atoms with Crippen molar-refractivity contribution in [2.45, 2.75) is 45.5 Å². The van der Waals surface area contributed by atoms with Crippen molar-refractivity contribution in [2.24, 2.45) is 0 Å². The molecule has 2 aromatic rings. The van der Waals surface area contributed by atoms with E-state index < -0.39 is 12.3 Å². The maximum absolute atomic E-state index is 12.4. The molecule has 11 heteroatoms. The van der Waals surface area contributed by atoms with Crippen LogP contribution in [0.25, 0.3) is 0 Å². The van der Waals surface area contributed by atoms with Crippen LogP contribution in [0.1, 0.15) is 48.1 Å². The molecule has 1 N–H and O–H groups in total. The number of hydrogen-bond donors (Lipinski definition) is 1. The molecule has 0 atom stereocenters. The predicted molar refractivity (Wildman–Crippen MR) is 114 cm³/mol. The van der Waals surface area contributed by atoms with Gasteiger partial charge >= 0.3 is 6.36 Å². The van der Waals surface area contributed by atoms with Crippen LogP contribution < -0.4 is 14.8 Å². The van der Waals surface area contributed by atoms with Crippen LogP contribution in [0.15, 0.2) is 29.6 Å². The standard InChI is InChI=1S/C21H26F3N3O4S/c1-3-4-5-6-11-27(2)20(29)17-14-32-19(26-17)12-25-18(28)13-30-15-7-9-16(10-8-15)31-21(22,23)24/h7-10,14H,3-6,11-13H2,1-2H3,(H,25,28). The summed E-state index contributed by atoms with van der Waals surface area (Å²) < 4.78 is 45.5. The molecule has 0 saturated carbocycles. The van der Waals surface area contributed by atoms with Gasteiger partial charge in [0.1, 0.15) is 22.2 Å². The van der Waals surface area contributed by atoms with Crippen molar-refractivity contribution in [2.75, 3.05) is 20.2 Å². The van der Waals surface area contributed by atoms with Crippen LogP contribution >= 0.6 is 11.3 Å². The zero-order valence-corrected chi connectivity index (χ0v) is 18.7. The Morgan fingerprint density at radius 1 is 1.12 bits per heavy atom. The van der Waals surface area contributed by atoms with Crippen LogP contribution in [-0.4, -0.2) is 48.3 Å². The summed E-state index contributed by atoms with van der Waals surface area (Å²) >= 11 is 1.27. The fourth-order valence-corrected chi connectivity index (χ4v) is 3.38. The molecule has 0 spiro atoms. The number of carbonyl (C=O) groups is 2. The van der Waals surface area contributed by atoms with E-state index in [2.05, 4.69) is 22.0 Å². The van der Waals surface area contributed by atoms with Crippen LogP contribution in [0.3, 0.4) is 0 Å². The van der Waals surface area contributed by atoms with Gasteiger partial charge in [0, 0.05) is 19.0 Å². The molecule has 1 heterocycles. The van der Waals surface area contributed by atoms with Crippen LogP contribution in [0.2, 0.25) is 0 Å². The second-order valence-electron chi connectivity index (χ2n) is 7.00. The first-order valence-corrected chi connectivity index (χ1v) is 11.0. The van der Waals surface area contributed by atoms with Crippen molar-refractivity contribution in [3.63, 3.8) is 0 Å². The molecule has 1 aromatic heterocycles. The first-order chi connectivity index (χ1) is 15.2. The SMILES string of the molecule is CCCCCCN(C)C(=O)c1csc(CNC(=O)COc2ccc(OC(F)(F)F)cc2)n1. The molecule has 0 aliphatic heterocycles. The maximum atomic E-state index is 12.4. The highest BCUT2D eigenvalue weighted by molar-refractivity contribution is 7.09. The number of rotatable bonds is 12. The number of alkyl halides is 3. The van der Waals surface area contributed by atoms with E-state index in [1.165, 1.54) is 23.5 Å². The second kappa shape index (κ2) is 12.3. The first-order valence-electron chi connectivity index (χ1n) is 10.1. The summed E-state index contributed by atoms with van der Waals surface area (Å²) in [6.45, 7) is 2.61. The van der Waals surface area contributed by atoms with Crippen LogP contribution in [0.5, 0.6) is 11.5 Å². The number of thiazole rings is 1. The minimum Gasteiger partial charge on any atom is -0.484 e. The van der Waals surface area contributed by atoms with Gasteiger partial charge in [-0.3, -0.25) is 9.59 Å². The van der Waals surface area contributed by atoms with Gasteiger partial charge in [-0.25, -0.2) is 4.98 Å². The topological polar surface area (TPSA) is 80.8 Å². The zero-order chi connectivity index (χ0) is 23.6. The minimum absolute atomic E-state index is 0.138. The van der Waals surface area contributed by atoms with Gasteiger partial charge in [0.15, 0.2) is 6.61 Å². The number of unbranched alkanes of at least 4 members (excludes halogenated alkanes) is 3.